The highest BCUT2D eigenvalue weighted by Crippen LogP contribution is 2.75. The fraction of sp³-hybridized carbons (Fsp3) is 0.696. The minimum Gasteiger partial charge on any atom is -0.465 e. The molecule has 4 rings (SSSR count). The Morgan fingerprint density at radius 3 is 2.03 bits per heavy atom. The molecule has 2 aliphatic heterocycles. The van der Waals surface area contributed by atoms with E-state index in [0.717, 1.165) is 18.4 Å². The van der Waals surface area contributed by atoms with Crippen LogP contribution >= 0.6 is 7.59 Å². The maximum atomic E-state index is 15.2. The zero-order chi connectivity index (χ0) is 21.6. The smallest absolute Gasteiger partial charge is 0.325 e. The minimum atomic E-state index is -3.12. The van der Waals surface area contributed by atoms with E-state index < -0.39 is 13.6 Å². The van der Waals surface area contributed by atoms with Gasteiger partial charge in [-0.3, -0.25) is 9.36 Å². The molecule has 0 amide bonds. The molecule has 2 heterocycles. The minimum absolute atomic E-state index is 0.144. The van der Waals surface area contributed by atoms with Gasteiger partial charge >= 0.3 is 5.97 Å². The quantitative estimate of drug-likeness (QED) is 0.364. The van der Waals surface area contributed by atoms with Crippen LogP contribution in [0.3, 0.4) is 0 Å². The van der Waals surface area contributed by atoms with Gasteiger partial charge in [0.25, 0.3) is 7.59 Å². The SMILES string of the molecule is CCOC(=O)[C@@H]1[C@H](c2ccccc2)N1P1(=O)N(C(C)C)[C@@H]2CCCC[C@H]2N1C(C)C. The van der Waals surface area contributed by atoms with E-state index in [1.807, 2.05) is 41.9 Å². The third-order valence-electron chi connectivity index (χ3n) is 6.78. The molecule has 30 heavy (non-hydrogen) atoms. The molecule has 1 aromatic rings. The van der Waals surface area contributed by atoms with Crippen molar-refractivity contribution in [1.82, 2.24) is 14.0 Å². The predicted molar refractivity (Wildman–Crippen MR) is 119 cm³/mol. The summed E-state index contributed by atoms with van der Waals surface area (Å²) < 4.78 is 27.1. The van der Waals surface area contributed by atoms with Gasteiger partial charge in [-0.1, -0.05) is 43.2 Å². The topological polar surface area (TPSA) is 52.9 Å². The molecule has 0 spiro atoms. The van der Waals surface area contributed by atoms with Crippen LogP contribution < -0.4 is 0 Å². The number of rotatable bonds is 6. The van der Waals surface area contributed by atoms with Crippen LogP contribution in [0.1, 0.15) is 71.9 Å². The second-order valence-corrected chi connectivity index (χ2v) is 11.7. The molecule has 0 N–H and O–H groups in total. The van der Waals surface area contributed by atoms with Crippen molar-refractivity contribution in [3.63, 3.8) is 0 Å². The Kier molecular flexibility index (Phi) is 6.15. The molecule has 0 bridgehead atoms. The first-order chi connectivity index (χ1) is 14.3. The van der Waals surface area contributed by atoms with Gasteiger partial charge in [0.15, 0.2) is 0 Å². The molecule has 7 heteroatoms. The summed E-state index contributed by atoms with van der Waals surface area (Å²) in [5.74, 6) is -0.260. The van der Waals surface area contributed by atoms with Crippen molar-refractivity contribution < 1.29 is 14.1 Å². The average molecular weight is 434 g/mol. The van der Waals surface area contributed by atoms with Gasteiger partial charge in [-0.25, -0.2) is 14.0 Å². The summed E-state index contributed by atoms with van der Waals surface area (Å²) in [6.07, 6.45) is 4.51. The summed E-state index contributed by atoms with van der Waals surface area (Å²) in [7, 11) is -3.12. The van der Waals surface area contributed by atoms with Crippen molar-refractivity contribution in [2.24, 2.45) is 0 Å². The highest BCUT2D eigenvalue weighted by Gasteiger charge is 2.71. The van der Waals surface area contributed by atoms with Gasteiger partial charge in [0.2, 0.25) is 0 Å². The lowest BCUT2D eigenvalue weighted by Crippen LogP contribution is -2.43. The van der Waals surface area contributed by atoms with Crippen LogP contribution in [0.2, 0.25) is 0 Å². The molecule has 3 aliphatic rings. The number of benzene rings is 1. The maximum Gasteiger partial charge on any atom is 0.325 e. The van der Waals surface area contributed by atoms with Crippen molar-refractivity contribution in [3.05, 3.63) is 35.9 Å². The predicted octanol–water partition coefficient (Wildman–Crippen LogP) is 4.83. The number of esters is 1. The number of ether oxygens (including phenoxy) is 1. The maximum absolute atomic E-state index is 15.2. The van der Waals surface area contributed by atoms with Gasteiger partial charge in [0.1, 0.15) is 6.04 Å². The molecule has 2 saturated heterocycles. The summed E-state index contributed by atoms with van der Waals surface area (Å²) in [5, 5.41) is 0. The Morgan fingerprint density at radius 2 is 1.57 bits per heavy atom. The number of carbonyl (C=O) groups is 1. The summed E-state index contributed by atoms with van der Waals surface area (Å²) >= 11 is 0. The molecular formula is C23H36N3O3P. The second kappa shape index (κ2) is 8.38. The van der Waals surface area contributed by atoms with E-state index in [1.54, 1.807) is 0 Å². The Bertz CT molecular complexity index is 787. The molecule has 1 aromatic carbocycles. The molecule has 1 saturated carbocycles. The highest BCUT2D eigenvalue weighted by molar-refractivity contribution is 7.57. The van der Waals surface area contributed by atoms with E-state index in [9.17, 15) is 4.79 Å². The third-order valence-corrected chi connectivity index (χ3v) is 10.6. The monoisotopic (exact) mass is 433 g/mol. The first-order valence-electron chi connectivity index (χ1n) is 11.5. The van der Waals surface area contributed by atoms with Crippen LogP contribution in [0, 0.1) is 0 Å². The third kappa shape index (κ3) is 3.37. The van der Waals surface area contributed by atoms with E-state index in [4.69, 9.17) is 4.74 Å². The fourth-order valence-electron chi connectivity index (χ4n) is 5.81. The lowest BCUT2D eigenvalue weighted by atomic mass is 9.89. The Hall–Kier alpha value is -1.20. The molecular weight excluding hydrogens is 397 g/mol. The van der Waals surface area contributed by atoms with E-state index >= 15 is 4.57 Å². The first-order valence-corrected chi connectivity index (χ1v) is 13.1. The first kappa shape index (κ1) is 22.0. The fourth-order valence-corrected chi connectivity index (χ4v) is 10.1. The van der Waals surface area contributed by atoms with Gasteiger partial charge in [-0.2, -0.15) is 0 Å². The zero-order valence-electron chi connectivity index (χ0n) is 18.9. The van der Waals surface area contributed by atoms with Gasteiger partial charge in [0, 0.05) is 24.2 Å². The molecule has 166 valence electrons. The zero-order valence-corrected chi connectivity index (χ0v) is 19.8. The highest BCUT2D eigenvalue weighted by atomic mass is 31.2. The van der Waals surface area contributed by atoms with Crippen LogP contribution in [0.25, 0.3) is 0 Å². The average Bonchev–Trinajstić information content (AvgIpc) is 3.40. The second-order valence-electron chi connectivity index (χ2n) is 9.31. The van der Waals surface area contributed by atoms with Crippen molar-refractivity contribution in [3.8, 4) is 0 Å². The van der Waals surface area contributed by atoms with Gasteiger partial charge in [-0.15, -0.1) is 0 Å². The van der Waals surface area contributed by atoms with Crippen LogP contribution in [0.4, 0.5) is 0 Å². The Balaban J connectivity index is 1.81. The lowest BCUT2D eigenvalue weighted by Gasteiger charge is -2.37. The van der Waals surface area contributed by atoms with E-state index in [0.29, 0.717) is 6.61 Å². The van der Waals surface area contributed by atoms with Crippen LogP contribution in [0.15, 0.2) is 30.3 Å². The number of nitrogens with zero attached hydrogens (tertiary/aromatic N) is 3. The summed E-state index contributed by atoms with van der Waals surface area (Å²) in [4.78, 5) is 12.9. The van der Waals surface area contributed by atoms with Crippen molar-refractivity contribution in [2.45, 2.75) is 96.6 Å². The van der Waals surface area contributed by atoms with E-state index in [-0.39, 0.29) is 36.2 Å². The Labute approximate surface area is 181 Å². The van der Waals surface area contributed by atoms with E-state index in [2.05, 4.69) is 37.0 Å². The summed E-state index contributed by atoms with van der Waals surface area (Å²) in [6.45, 7) is 10.7. The standard InChI is InChI=1S/C23H36N3O3P/c1-6-29-23(27)22-21(18-12-8-7-9-13-18)26(22)30(28)24(16(2)3)19-14-10-11-15-20(19)25(30)17(4)5/h7-9,12-13,16-17,19-22H,6,10-11,14-15H2,1-5H3/t19-,20-,21+,22+,26?/m1/s1. The van der Waals surface area contributed by atoms with Crippen molar-refractivity contribution >= 4 is 13.6 Å². The molecule has 1 aliphatic carbocycles. The lowest BCUT2D eigenvalue weighted by molar-refractivity contribution is -0.143. The summed E-state index contributed by atoms with van der Waals surface area (Å²) in [5.41, 5.74) is 1.04. The molecule has 0 aromatic heterocycles. The van der Waals surface area contributed by atoms with Gasteiger partial charge < -0.3 is 4.74 Å². The summed E-state index contributed by atoms with van der Waals surface area (Å²) in [6, 6.07) is 10.2. The number of hydrogen-bond donors (Lipinski definition) is 0. The molecule has 1 unspecified atom stereocenters. The Morgan fingerprint density at radius 1 is 1.03 bits per heavy atom. The number of carbonyl (C=O) groups excluding carboxylic acids is 1. The molecule has 5 atom stereocenters. The van der Waals surface area contributed by atoms with Crippen molar-refractivity contribution in [2.75, 3.05) is 6.61 Å². The molecule has 0 radical (unpaired) electrons. The van der Waals surface area contributed by atoms with E-state index in [1.165, 1.54) is 12.8 Å². The van der Waals surface area contributed by atoms with Crippen LogP contribution in [-0.2, 0) is 14.1 Å². The van der Waals surface area contributed by atoms with Crippen molar-refractivity contribution in [1.29, 1.82) is 0 Å². The number of fused-ring (bicyclic) bond motifs is 1. The van der Waals surface area contributed by atoms with Crippen LogP contribution in [-0.4, -0.2) is 56.8 Å². The molecule has 6 nitrogen and oxygen atoms in total. The van der Waals surface area contributed by atoms with Gasteiger partial charge in [-0.05, 0) is 53.0 Å². The number of hydrogen-bond acceptors (Lipinski definition) is 3. The van der Waals surface area contributed by atoms with Gasteiger partial charge in [0.05, 0.1) is 12.6 Å². The molecule has 3 fully saturated rings. The largest absolute Gasteiger partial charge is 0.465 e. The normalized spacial score (nSPS) is 33.6. The van der Waals surface area contributed by atoms with Crippen LogP contribution in [0.5, 0.6) is 0 Å².